The molecule has 23 heavy (non-hydrogen) atoms. The number of hydrogen-bond donors (Lipinski definition) is 0. The molecule has 2 atom stereocenters. The molecule has 2 unspecified atom stereocenters. The van der Waals surface area contributed by atoms with Crippen LogP contribution >= 0.6 is 0 Å². The lowest BCUT2D eigenvalue weighted by atomic mass is 10.1. The normalized spacial score (nSPS) is 17.9. The summed E-state index contributed by atoms with van der Waals surface area (Å²) >= 11 is 0. The first kappa shape index (κ1) is 15.7. The highest BCUT2D eigenvalue weighted by Crippen LogP contribution is 2.34. The predicted molar refractivity (Wildman–Crippen MR) is 87.7 cm³/mol. The number of amides is 1. The molecule has 3 rings (SSSR count). The largest absolute Gasteiger partial charge is 0.364 e. The summed E-state index contributed by atoms with van der Waals surface area (Å²) < 4.78 is 19.6. The van der Waals surface area contributed by atoms with Crippen molar-refractivity contribution in [3.05, 3.63) is 65.5 Å². The van der Waals surface area contributed by atoms with Crippen LogP contribution < -0.4 is 4.90 Å². The smallest absolute Gasteiger partial charge is 0.256 e. The Morgan fingerprint density at radius 3 is 2.74 bits per heavy atom. The van der Waals surface area contributed by atoms with E-state index in [-0.39, 0.29) is 17.8 Å². The van der Waals surface area contributed by atoms with Crippen LogP contribution in [0.1, 0.15) is 25.0 Å². The van der Waals surface area contributed by atoms with Crippen molar-refractivity contribution in [2.24, 2.45) is 0 Å². The molecule has 0 bridgehead atoms. The van der Waals surface area contributed by atoms with Crippen LogP contribution in [0.25, 0.3) is 0 Å². The average Bonchev–Trinajstić information content (AvgIpc) is 2.90. The Bertz CT molecular complexity index is 702. The van der Waals surface area contributed by atoms with Gasteiger partial charge in [-0.15, -0.1) is 0 Å². The highest BCUT2D eigenvalue weighted by molar-refractivity contribution is 5.98. The van der Waals surface area contributed by atoms with Gasteiger partial charge in [0.25, 0.3) is 5.91 Å². The molecular weight excluding hydrogens is 293 g/mol. The second-order valence-electron chi connectivity index (χ2n) is 5.94. The van der Waals surface area contributed by atoms with E-state index < -0.39 is 6.10 Å². The lowest BCUT2D eigenvalue weighted by molar-refractivity contribution is -0.130. The van der Waals surface area contributed by atoms with Crippen molar-refractivity contribution in [3.63, 3.8) is 0 Å². The fraction of sp³-hybridized carbons (Fsp3) is 0.316. The molecule has 0 fully saturated rings. The van der Waals surface area contributed by atoms with E-state index in [2.05, 4.69) is 0 Å². The Kier molecular flexibility index (Phi) is 4.44. The zero-order valence-electron chi connectivity index (χ0n) is 13.3. The maximum atomic E-state index is 13.9. The summed E-state index contributed by atoms with van der Waals surface area (Å²) in [6.45, 7) is 4.06. The highest BCUT2D eigenvalue weighted by atomic mass is 19.1. The van der Waals surface area contributed by atoms with E-state index in [1.165, 1.54) is 6.07 Å². The van der Waals surface area contributed by atoms with E-state index in [1.807, 2.05) is 37.3 Å². The van der Waals surface area contributed by atoms with Crippen LogP contribution in [-0.4, -0.2) is 18.1 Å². The molecule has 1 aliphatic rings. The molecule has 0 aliphatic carbocycles. The zero-order chi connectivity index (χ0) is 16.4. The number of ether oxygens (including phenoxy) is 1. The number of anilines is 1. The van der Waals surface area contributed by atoms with Crippen LogP contribution in [0.5, 0.6) is 0 Å². The minimum absolute atomic E-state index is 0.0582. The van der Waals surface area contributed by atoms with Crippen molar-refractivity contribution in [1.29, 1.82) is 0 Å². The molecule has 0 saturated heterocycles. The number of rotatable bonds is 4. The van der Waals surface area contributed by atoms with Gasteiger partial charge in [0.1, 0.15) is 11.9 Å². The van der Waals surface area contributed by atoms with Crippen LogP contribution in [0.2, 0.25) is 0 Å². The van der Waals surface area contributed by atoms with Crippen LogP contribution in [-0.2, 0) is 22.6 Å². The van der Waals surface area contributed by atoms with Crippen molar-refractivity contribution < 1.29 is 13.9 Å². The highest BCUT2D eigenvalue weighted by Gasteiger charge is 2.35. The summed E-state index contributed by atoms with van der Waals surface area (Å²) in [5.41, 5.74) is 2.30. The van der Waals surface area contributed by atoms with Gasteiger partial charge in [-0.2, -0.15) is 0 Å². The van der Waals surface area contributed by atoms with Gasteiger partial charge in [0, 0.05) is 11.6 Å². The number of hydrogen-bond acceptors (Lipinski definition) is 2. The van der Waals surface area contributed by atoms with E-state index in [0.717, 1.165) is 5.56 Å². The number of carbonyl (C=O) groups excluding carboxylic acids is 1. The van der Waals surface area contributed by atoms with Gasteiger partial charge >= 0.3 is 0 Å². The fourth-order valence-corrected chi connectivity index (χ4v) is 3.00. The molecule has 0 radical (unpaired) electrons. The monoisotopic (exact) mass is 313 g/mol. The van der Waals surface area contributed by atoms with Crippen LogP contribution in [0, 0.1) is 5.82 Å². The molecule has 0 saturated carbocycles. The van der Waals surface area contributed by atoms with E-state index in [1.54, 1.807) is 24.0 Å². The maximum Gasteiger partial charge on any atom is 0.256 e. The fourth-order valence-electron chi connectivity index (χ4n) is 3.00. The molecule has 4 heteroatoms. The number of nitrogens with zero attached hydrogens (tertiary/aromatic N) is 1. The Hall–Kier alpha value is -2.20. The van der Waals surface area contributed by atoms with Crippen molar-refractivity contribution in [2.75, 3.05) is 4.90 Å². The molecule has 3 nitrogen and oxygen atoms in total. The number of benzene rings is 2. The van der Waals surface area contributed by atoms with E-state index in [0.29, 0.717) is 24.3 Å². The molecule has 0 spiro atoms. The molecule has 0 aromatic heterocycles. The summed E-state index contributed by atoms with van der Waals surface area (Å²) in [4.78, 5) is 14.4. The Labute approximate surface area is 135 Å². The van der Waals surface area contributed by atoms with Gasteiger partial charge in [0.2, 0.25) is 0 Å². The summed E-state index contributed by atoms with van der Waals surface area (Å²) in [7, 11) is 0. The number of carbonyl (C=O) groups is 1. The van der Waals surface area contributed by atoms with Crippen molar-refractivity contribution in [3.8, 4) is 0 Å². The van der Waals surface area contributed by atoms with Gasteiger partial charge in [-0.25, -0.2) is 4.39 Å². The van der Waals surface area contributed by atoms with E-state index in [9.17, 15) is 9.18 Å². The minimum atomic E-state index is -0.577. The third kappa shape index (κ3) is 3.13. The van der Waals surface area contributed by atoms with Gasteiger partial charge in [-0.3, -0.25) is 4.79 Å². The zero-order valence-corrected chi connectivity index (χ0v) is 13.3. The molecule has 2 aromatic carbocycles. The number of halogens is 1. The second-order valence-corrected chi connectivity index (χ2v) is 5.94. The topological polar surface area (TPSA) is 29.5 Å². The van der Waals surface area contributed by atoms with Crippen molar-refractivity contribution in [2.45, 2.75) is 39.0 Å². The Morgan fingerprint density at radius 1 is 1.26 bits per heavy atom. The third-order valence-corrected chi connectivity index (χ3v) is 4.22. The lowest BCUT2D eigenvalue weighted by Crippen LogP contribution is -2.42. The summed E-state index contributed by atoms with van der Waals surface area (Å²) in [5.74, 6) is -0.375. The SMILES string of the molecule is CC(OCc1ccccc1)C(=O)N1c2cccc(F)c2CC1C. The Morgan fingerprint density at radius 2 is 2.00 bits per heavy atom. The van der Waals surface area contributed by atoms with Gasteiger partial charge < -0.3 is 9.64 Å². The second kappa shape index (κ2) is 6.50. The molecule has 1 heterocycles. The van der Waals surface area contributed by atoms with Gasteiger partial charge in [-0.05, 0) is 38.0 Å². The number of fused-ring (bicyclic) bond motifs is 1. The van der Waals surface area contributed by atoms with Crippen LogP contribution in [0.15, 0.2) is 48.5 Å². The average molecular weight is 313 g/mol. The predicted octanol–water partition coefficient (Wildman–Crippen LogP) is 3.71. The van der Waals surface area contributed by atoms with Gasteiger partial charge in [0.05, 0.1) is 12.3 Å². The third-order valence-electron chi connectivity index (χ3n) is 4.22. The van der Waals surface area contributed by atoms with E-state index >= 15 is 0 Å². The minimum Gasteiger partial charge on any atom is -0.364 e. The van der Waals surface area contributed by atoms with Crippen molar-refractivity contribution in [1.82, 2.24) is 0 Å². The molecule has 1 amide bonds. The Balaban J connectivity index is 1.72. The first-order valence-electron chi connectivity index (χ1n) is 7.84. The first-order valence-corrected chi connectivity index (χ1v) is 7.84. The summed E-state index contributed by atoms with van der Waals surface area (Å²) in [5, 5.41) is 0. The standard InChI is InChI=1S/C19H20FNO2/c1-13-11-16-17(20)9-6-10-18(16)21(13)19(22)14(2)23-12-15-7-4-3-5-8-15/h3-10,13-14H,11-12H2,1-2H3. The lowest BCUT2D eigenvalue weighted by Gasteiger charge is -2.26. The molecular formula is C19H20FNO2. The van der Waals surface area contributed by atoms with Crippen LogP contribution in [0.3, 0.4) is 0 Å². The molecule has 120 valence electrons. The maximum absolute atomic E-state index is 13.9. The molecule has 1 aliphatic heterocycles. The molecule has 2 aromatic rings. The van der Waals surface area contributed by atoms with E-state index in [4.69, 9.17) is 4.74 Å². The summed E-state index contributed by atoms with van der Waals surface area (Å²) in [6, 6.07) is 14.5. The van der Waals surface area contributed by atoms with Gasteiger partial charge in [0.15, 0.2) is 0 Å². The first-order chi connectivity index (χ1) is 11.1. The van der Waals surface area contributed by atoms with Gasteiger partial charge in [-0.1, -0.05) is 36.4 Å². The van der Waals surface area contributed by atoms with Crippen LogP contribution in [0.4, 0.5) is 10.1 Å². The quantitative estimate of drug-likeness (QED) is 0.861. The van der Waals surface area contributed by atoms with Crippen molar-refractivity contribution >= 4 is 11.6 Å². The summed E-state index contributed by atoms with van der Waals surface area (Å²) in [6.07, 6.45) is -0.0361. The molecule has 0 N–H and O–H groups in total.